The van der Waals surface area contributed by atoms with Crippen molar-refractivity contribution in [1.29, 1.82) is 0 Å². The maximum atomic E-state index is 12.8. The van der Waals surface area contributed by atoms with Crippen LogP contribution in [-0.2, 0) is 11.2 Å². The molecular formula is C18H19N3O4. The number of fused-ring (bicyclic) bond motifs is 1. The van der Waals surface area contributed by atoms with Crippen LogP contribution in [-0.4, -0.2) is 42.2 Å². The third kappa shape index (κ3) is 3.61. The first-order valence-corrected chi connectivity index (χ1v) is 8.08. The second-order valence-corrected chi connectivity index (χ2v) is 5.85. The zero-order valence-corrected chi connectivity index (χ0v) is 13.7. The van der Waals surface area contributed by atoms with Gasteiger partial charge < -0.3 is 14.9 Å². The lowest BCUT2D eigenvalue weighted by molar-refractivity contribution is -0.384. The van der Waals surface area contributed by atoms with Crippen molar-refractivity contribution in [2.45, 2.75) is 6.42 Å². The number of rotatable bonds is 6. The van der Waals surface area contributed by atoms with Crippen LogP contribution in [0.4, 0.5) is 17.1 Å². The molecule has 0 atom stereocenters. The Balaban J connectivity index is 1.77. The van der Waals surface area contributed by atoms with Crippen LogP contribution in [0.15, 0.2) is 48.5 Å². The summed E-state index contributed by atoms with van der Waals surface area (Å²) >= 11 is 0. The fraction of sp³-hybridized carbons (Fsp3) is 0.278. The monoisotopic (exact) mass is 341 g/mol. The molecule has 1 heterocycles. The lowest BCUT2D eigenvalue weighted by atomic mass is 10.1. The van der Waals surface area contributed by atoms with E-state index < -0.39 is 4.92 Å². The van der Waals surface area contributed by atoms with Crippen molar-refractivity contribution < 1.29 is 14.8 Å². The average Bonchev–Trinajstić information content (AvgIpc) is 3.05. The van der Waals surface area contributed by atoms with Crippen molar-refractivity contribution in [2.75, 3.05) is 36.0 Å². The van der Waals surface area contributed by atoms with Crippen molar-refractivity contribution in [3.05, 3.63) is 64.2 Å². The minimum atomic E-state index is -0.427. The molecule has 2 aromatic carbocycles. The van der Waals surface area contributed by atoms with Crippen LogP contribution in [0.25, 0.3) is 0 Å². The largest absolute Gasteiger partial charge is 0.395 e. The molecule has 0 aliphatic carbocycles. The predicted octanol–water partition coefficient (Wildman–Crippen LogP) is 1.98. The number of para-hydroxylation sites is 1. The number of aliphatic hydroxyl groups excluding tert-OH is 1. The molecule has 7 heteroatoms. The van der Waals surface area contributed by atoms with E-state index in [2.05, 4.69) is 0 Å². The van der Waals surface area contributed by atoms with E-state index in [1.54, 1.807) is 11.0 Å². The van der Waals surface area contributed by atoms with Crippen LogP contribution < -0.4 is 9.80 Å². The third-order valence-electron chi connectivity index (χ3n) is 4.29. The van der Waals surface area contributed by atoms with Gasteiger partial charge in [-0.3, -0.25) is 14.9 Å². The first-order chi connectivity index (χ1) is 12.1. The molecule has 0 spiro atoms. The van der Waals surface area contributed by atoms with Crippen LogP contribution in [0.5, 0.6) is 0 Å². The summed E-state index contributed by atoms with van der Waals surface area (Å²) in [4.78, 5) is 26.7. The summed E-state index contributed by atoms with van der Waals surface area (Å²) < 4.78 is 0. The van der Waals surface area contributed by atoms with E-state index in [4.69, 9.17) is 0 Å². The van der Waals surface area contributed by atoms with Gasteiger partial charge >= 0.3 is 0 Å². The van der Waals surface area contributed by atoms with E-state index in [1.165, 1.54) is 12.1 Å². The molecule has 0 saturated heterocycles. The molecule has 0 radical (unpaired) electrons. The number of non-ortho nitro benzene ring substituents is 1. The van der Waals surface area contributed by atoms with Gasteiger partial charge in [-0.15, -0.1) is 0 Å². The lowest BCUT2D eigenvalue weighted by Crippen LogP contribution is -2.41. The highest BCUT2D eigenvalue weighted by Crippen LogP contribution is 2.31. The summed E-state index contributed by atoms with van der Waals surface area (Å²) in [5.41, 5.74) is 2.45. The molecule has 1 N–H and O–H groups in total. The zero-order chi connectivity index (χ0) is 17.8. The number of anilines is 2. The summed E-state index contributed by atoms with van der Waals surface area (Å²) in [6.07, 6.45) is 0.605. The number of hydrogen-bond acceptors (Lipinski definition) is 5. The Morgan fingerprint density at radius 3 is 2.68 bits per heavy atom. The first kappa shape index (κ1) is 16.9. The summed E-state index contributed by atoms with van der Waals surface area (Å²) in [5.74, 6) is -0.0927. The number of amides is 1. The molecule has 25 heavy (non-hydrogen) atoms. The number of nitro benzene ring substituents is 1. The Hall–Kier alpha value is -2.93. The number of benzene rings is 2. The molecule has 1 aliphatic heterocycles. The highest BCUT2D eigenvalue weighted by molar-refractivity contribution is 5.98. The smallest absolute Gasteiger partial charge is 0.269 e. The van der Waals surface area contributed by atoms with Crippen molar-refractivity contribution in [3.63, 3.8) is 0 Å². The Bertz CT molecular complexity index is 779. The van der Waals surface area contributed by atoms with Crippen molar-refractivity contribution in [2.24, 2.45) is 0 Å². The topological polar surface area (TPSA) is 86.9 Å². The molecule has 3 rings (SSSR count). The highest BCUT2D eigenvalue weighted by Gasteiger charge is 2.27. The minimum Gasteiger partial charge on any atom is -0.395 e. The van der Waals surface area contributed by atoms with E-state index in [1.807, 2.05) is 35.2 Å². The van der Waals surface area contributed by atoms with E-state index in [-0.39, 0.29) is 24.7 Å². The molecule has 1 aliphatic rings. The van der Waals surface area contributed by atoms with Crippen molar-refractivity contribution in [1.82, 2.24) is 0 Å². The summed E-state index contributed by atoms with van der Waals surface area (Å²) in [6, 6.07) is 14.0. The molecule has 1 amide bonds. The summed E-state index contributed by atoms with van der Waals surface area (Å²) in [6.45, 7) is 0.958. The predicted molar refractivity (Wildman–Crippen MR) is 94.9 cm³/mol. The molecule has 0 bridgehead atoms. The number of aliphatic hydroxyl groups is 1. The standard InChI is InChI=1S/C18H19N3O4/c22-11-10-19(15-4-2-1-3-5-15)13-18(23)20-9-8-14-12-16(21(24)25)6-7-17(14)20/h1-7,12,22H,8-11,13H2. The molecular weight excluding hydrogens is 322 g/mol. The summed E-state index contributed by atoms with van der Waals surface area (Å²) in [7, 11) is 0. The minimum absolute atomic E-state index is 0.0410. The SMILES string of the molecule is O=C(CN(CCO)c1ccccc1)N1CCc2cc([N+](=O)[O-])ccc21. The van der Waals surface area contributed by atoms with E-state index in [0.29, 0.717) is 19.5 Å². The summed E-state index contributed by atoms with van der Waals surface area (Å²) in [5, 5.41) is 20.2. The Morgan fingerprint density at radius 2 is 2.00 bits per heavy atom. The Kier molecular flexibility index (Phi) is 4.95. The average molecular weight is 341 g/mol. The van der Waals surface area contributed by atoms with Gasteiger partial charge in [0.1, 0.15) is 0 Å². The molecule has 0 fully saturated rings. The van der Waals surface area contributed by atoms with E-state index in [9.17, 15) is 20.0 Å². The number of nitrogens with zero attached hydrogens (tertiary/aromatic N) is 3. The second-order valence-electron chi connectivity index (χ2n) is 5.85. The van der Waals surface area contributed by atoms with Gasteiger partial charge in [-0.05, 0) is 30.2 Å². The van der Waals surface area contributed by atoms with Crippen LogP contribution in [0.2, 0.25) is 0 Å². The third-order valence-corrected chi connectivity index (χ3v) is 4.29. The molecule has 7 nitrogen and oxygen atoms in total. The van der Waals surface area contributed by atoms with Gasteiger partial charge in [-0.1, -0.05) is 18.2 Å². The molecule has 0 saturated carbocycles. The maximum Gasteiger partial charge on any atom is 0.269 e. The number of carbonyl (C=O) groups excluding carboxylic acids is 1. The quantitative estimate of drug-likeness (QED) is 0.641. The van der Waals surface area contributed by atoms with E-state index >= 15 is 0 Å². The van der Waals surface area contributed by atoms with Gasteiger partial charge in [0.15, 0.2) is 0 Å². The molecule has 130 valence electrons. The fourth-order valence-electron chi connectivity index (χ4n) is 3.07. The highest BCUT2D eigenvalue weighted by atomic mass is 16.6. The van der Waals surface area contributed by atoms with Gasteiger partial charge in [0.05, 0.1) is 18.1 Å². The van der Waals surface area contributed by atoms with Crippen LogP contribution in [0, 0.1) is 10.1 Å². The van der Waals surface area contributed by atoms with Gasteiger partial charge in [-0.2, -0.15) is 0 Å². The number of hydrogen-bond donors (Lipinski definition) is 1. The normalized spacial score (nSPS) is 12.8. The Morgan fingerprint density at radius 1 is 1.24 bits per heavy atom. The molecule has 0 aromatic heterocycles. The second kappa shape index (κ2) is 7.31. The fourth-order valence-corrected chi connectivity index (χ4v) is 3.07. The maximum absolute atomic E-state index is 12.8. The van der Waals surface area contributed by atoms with Crippen LogP contribution in [0.3, 0.4) is 0 Å². The Labute approximate surface area is 145 Å². The zero-order valence-electron chi connectivity index (χ0n) is 13.7. The van der Waals surface area contributed by atoms with Gasteiger partial charge in [0.2, 0.25) is 5.91 Å². The molecule has 0 unspecified atom stereocenters. The van der Waals surface area contributed by atoms with Crippen LogP contribution >= 0.6 is 0 Å². The van der Waals surface area contributed by atoms with Crippen molar-refractivity contribution >= 4 is 23.0 Å². The van der Waals surface area contributed by atoms with Crippen LogP contribution in [0.1, 0.15) is 5.56 Å². The number of carbonyl (C=O) groups is 1. The van der Waals surface area contributed by atoms with Gasteiger partial charge in [0, 0.05) is 36.6 Å². The van der Waals surface area contributed by atoms with E-state index in [0.717, 1.165) is 16.9 Å². The van der Waals surface area contributed by atoms with Gasteiger partial charge in [-0.25, -0.2) is 0 Å². The number of nitro groups is 1. The lowest BCUT2D eigenvalue weighted by Gasteiger charge is -2.26. The van der Waals surface area contributed by atoms with Gasteiger partial charge in [0.25, 0.3) is 5.69 Å². The molecule has 2 aromatic rings. The first-order valence-electron chi connectivity index (χ1n) is 8.08. The van der Waals surface area contributed by atoms with Crippen molar-refractivity contribution in [3.8, 4) is 0 Å².